The van der Waals surface area contributed by atoms with Crippen LogP contribution in [0.15, 0.2) is 36.4 Å². The number of Topliss-reactive ketones (excluding diaryl/α,β-unsaturated/α-hetero) is 1. The highest BCUT2D eigenvalue weighted by Crippen LogP contribution is 2.32. The minimum Gasteiger partial charge on any atom is -0.369 e. The number of amides is 1. The van der Waals surface area contributed by atoms with Gasteiger partial charge in [0, 0.05) is 32.2 Å². The van der Waals surface area contributed by atoms with Gasteiger partial charge in [-0.15, -0.1) is 12.4 Å². The average Bonchev–Trinajstić information content (AvgIpc) is 3.30. The number of primary amides is 1. The summed E-state index contributed by atoms with van der Waals surface area (Å²) in [5.41, 5.74) is 9.01. The van der Waals surface area contributed by atoms with Gasteiger partial charge in [0.1, 0.15) is 17.4 Å². The third-order valence-corrected chi connectivity index (χ3v) is 6.21. The van der Waals surface area contributed by atoms with Crippen molar-refractivity contribution in [2.24, 2.45) is 11.7 Å². The molecular weight excluding hydrogens is 414 g/mol. The number of carbonyl (C=O) groups excluding carboxylic acids is 2. The van der Waals surface area contributed by atoms with Gasteiger partial charge in [0.2, 0.25) is 5.91 Å². The number of carbonyl (C=O) groups is 2. The molecule has 1 fully saturated rings. The number of anilines is 2. The van der Waals surface area contributed by atoms with Crippen LogP contribution in [-0.4, -0.2) is 43.4 Å². The molecule has 166 valence electrons. The van der Waals surface area contributed by atoms with E-state index in [0.717, 1.165) is 43.0 Å². The van der Waals surface area contributed by atoms with Crippen molar-refractivity contribution in [3.05, 3.63) is 53.2 Å². The number of ketones is 1. The van der Waals surface area contributed by atoms with Gasteiger partial charge >= 0.3 is 0 Å². The zero-order valence-corrected chi connectivity index (χ0v) is 18.8. The van der Waals surface area contributed by atoms with Crippen LogP contribution < -0.4 is 20.9 Å². The predicted octanol–water partition coefficient (Wildman–Crippen LogP) is 2.69. The fourth-order valence-electron chi connectivity index (χ4n) is 4.23. The lowest BCUT2D eigenvalue weighted by Crippen LogP contribution is -2.45. The Morgan fingerprint density at radius 1 is 1.19 bits per heavy atom. The molecule has 0 radical (unpaired) electrons. The maximum Gasteiger partial charge on any atom is 0.230 e. The molecule has 7 nitrogen and oxygen atoms in total. The third-order valence-electron chi connectivity index (χ3n) is 6.21. The van der Waals surface area contributed by atoms with E-state index in [9.17, 15) is 9.59 Å². The minimum absolute atomic E-state index is 0. The maximum absolute atomic E-state index is 13.0. The molecule has 4 rings (SSSR count). The highest BCUT2D eigenvalue weighted by atomic mass is 35.5. The molecule has 0 saturated carbocycles. The summed E-state index contributed by atoms with van der Waals surface area (Å²) in [5, 5.41) is 3.24. The van der Waals surface area contributed by atoms with Crippen LogP contribution >= 0.6 is 12.4 Å². The van der Waals surface area contributed by atoms with Crippen LogP contribution in [0.3, 0.4) is 0 Å². The number of aromatic nitrogens is 1. The van der Waals surface area contributed by atoms with E-state index in [2.05, 4.69) is 46.4 Å². The summed E-state index contributed by atoms with van der Waals surface area (Å²) in [6.45, 7) is 4.87. The van der Waals surface area contributed by atoms with Gasteiger partial charge in [-0.25, -0.2) is 4.98 Å². The molecule has 31 heavy (non-hydrogen) atoms. The van der Waals surface area contributed by atoms with Gasteiger partial charge in [-0.3, -0.25) is 9.59 Å². The Morgan fingerprint density at radius 3 is 2.48 bits per heavy atom. The van der Waals surface area contributed by atoms with Crippen molar-refractivity contribution in [1.29, 1.82) is 0 Å². The van der Waals surface area contributed by atoms with Crippen LogP contribution in [0.4, 0.5) is 11.5 Å². The second-order valence-electron chi connectivity index (χ2n) is 8.18. The van der Waals surface area contributed by atoms with Gasteiger partial charge < -0.3 is 20.9 Å². The lowest BCUT2D eigenvalue weighted by Gasteiger charge is -2.34. The average molecular weight is 444 g/mol. The minimum atomic E-state index is -0.873. The Kier molecular flexibility index (Phi) is 7.18. The monoisotopic (exact) mass is 443 g/mol. The molecular formula is C23H30ClN5O2. The van der Waals surface area contributed by atoms with Gasteiger partial charge in [-0.2, -0.15) is 0 Å². The van der Waals surface area contributed by atoms with Crippen molar-refractivity contribution in [1.82, 2.24) is 10.3 Å². The highest BCUT2D eigenvalue weighted by Gasteiger charge is 2.37. The molecule has 3 N–H and O–H groups in total. The zero-order chi connectivity index (χ0) is 21.3. The van der Waals surface area contributed by atoms with Crippen LogP contribution in [0.5, 0.6) is 0 Å². The first-order valence-corrected chi connectivity index (χ1v) is 10.6. The quantitative estimate of drug-likeness (QED) is 0.667. The molecule has 1 saturated heterocycles. The molecule has 8 heteroatoms. The number of nitrogens with two attached hydrogens (primary N) is 1. The van der Waals surface area contributed by atoms with Crippen molar-refractivity contribution in [3.63, 3.8) is 0 Å². The maximum atomic E-state index is 13.0. The zero-order valence-electron chi connectivity index (χ0n) is 18.0. The molecule has 0 aliphatic carbocycles. The molecule has 1 aromatic carbocycles. The number of rotatable bonds is 6. The number of hydrogen-bond donors (Lipinski definition) is 2. The summed E-state index contributed by atoms with van der Waals surface area (Å²) in [7, 11) is 1.94. The van der Waals surface area contributed by atoms with Crippen molar-refractivity contribution in [2.75, 3.05) is 36.5 Å². The standard InChI is InChI=1S/C23H29N5O2.ClH/c1-15(25-2)17-7-5-16(6-8-17)13-28-14-18(23(24)30)22(29)21-19(28)9-10-20(26-21)27-11-3-4-12-27;/h5-10,15,18,25H,3-4,11-14H2,1-2H3,(H2,24,30);1H. The first-order valence-electron chi connectivity index (χ1n) is 10.6. The fraction of sp³-hybridized carbons (Fsp3) is 0.435. The molecule has 0 bridgehead atoms. The Balaban J connectivity index is 0.00000272. The molecule has 3 heterocycles. The number of pyridine rings is 1. The Bertz CT molecular complexity index is 943. The van der Waals surface area contributed by atoms with E-state index in [1.165, 1.54) is 5.56 Å². The molecule has 2 atom stereocenters. The number of halogens is 1. The lowest BCUT2D eigenvalue weighted by molar-refractivity contribution is -0.120. The molecule has 2 aromatic rings. The second kappa shape index (κ2) is 9.66. The van der Waals surface area contributed by atoms with Gasteiger partial charge in [0.05, 0.1) is 5.69 Å². The largest absolute Gasteiger partial charge is 0.369 e. The number of hydrogen-bond acceptors (Lipinski definition) is 6. The number of fused-ring (bicyclic) bond motifs is 1. The van der Waals surface area contributed by atoms with Crippen molar-refractivity contribution in [3.8, 4) is 0 Å². The summed E-state index contributed by atoms with van der Waals surface area (Å²) in [5.74, 6) is -0.937. The van der Waals surface area contributed by atoms with Crippen LogP contribution in [0.1, 0.15) is 47.4 Å². The first kappa shape index (κ1) is 23.0. The van der Waals surface area contributed by atoms with Gasteiger partial charge in [0.25, 0.3) is 0 Å². The van der Waals surface area contributed by atoms with E-state index in [0.29, 0.717) is 12.2 Å². The van der Waals surface area contributed by atoms with E-state index < -0.39 is 11.8 Å². The summed E-state index contributed by atoms with van der Waals surface area (Å²) >= 11 is 0. The van der Waals surface area contributed by atoms with E-state index in [-0.39, 0.29) is 30.8 Å². The van der Waals surface area contributed by atoms with Gasteiger partial charge in [-0.1, -0.05) is 24.3 Å². The summed E-state index contributed by atoms with van der Waals surface area (Å²) in [6, 6.07) is 12.6. The van der Waals surface area contributed by atoms with Crippen LogP contribution in [0.25, 0.3) is 0 Å². The lowest BCUT2D eigenvalue weighted by atomic mass is 9.93. The molecule has 2 aliphatic rings. The van der Waals surface area contributed by atoms with E-state index >= 15 is 0 Å². The van der Waals surface area contributed by atoms with Gasteiger partial charge in [-0.05, 0) is 50.1 Å². The second-order valence-corrected chi connectivity index (χ2v) is 8.18. The van der Waals surface area contributed by atoms with E-state index in [1.54, 1.807) is 0 Å². The third kappa shape index (κ3) is 4.67. The summed E-state index contributed by atoms with van der Waals surface area (Å²) < 4.78 is 0. The van der Waals surface area contributed by atoms with Crippen molar-refractivity contribution in [2.45, 2.75) is 32.4 Å². The van der Waals surface area contributed by atoms with Crippen LogP contribution in [0.2, 0.25) is 0 Å². The SMILES string of the molecule is CNC(C)c1ccc(CN2CC(C(N)=O)C(=O)c3nc(N4CCCC4)ccc32)cc1.Cl. The number of benzene rings is 1. The molecule has 0 spiro atoms. The normalized spacial score (nSPS) is 19.0. The molecule has 1 aromatic heterocycles. The van der Waals surface area contributed by atoms with Crippen molar-refractivity contribution >= 4 is 35.6 Å². The molecule has 2 aliphatic heterocycles. The smallest absolute Gasteiger partial charge is 0.230 e. The van der Waals surface area contributed by atoms with Crippen molar-refractivity contribution < 1.29 is 9.59 Å². The fourth-order valence-corrected chi connectivity index (χ4v) is 4.23. The Hall–Kier alpha value is -2.64. The van der Waals surface area contributed by atoms with Gasteiger partial charge in [0.15, 0.2) is 5.78 Å². The van der Waals surface area contributed by atoms with E-state index in [4.69, 9.17) is 5.73 Å². The summed E-state index contributed by atoms with van der Waals surface area (Å²) in [6.07, 6.45) is 2.26. The van der Waals surface area contributed by atoms with Crippen LogP contribution in [-0.2, 0) is 11.3 Å². The number of nitrogens with one attached hydrogen (secondary N) is 1. The summed E-state index contributed by atoms with van der Waals surface area (Å²) in [4.78, 5) is 33.9. The number of nitrogens with zero attached hydrogens (tertiary/aromatic N) is 3. The molecule has 2 unspecified atom stereocenters. The predicted molar refractivity (Wildman–Crippen MR) is 125 cm³/mol. The first-order chi connectivity index (χ1) is 14.5. The topological polar surface area (TPSA) is 91.6 Å². The van der Waals surface area contributed by atoms with E-state index in [1.807, 2.05) is 24.1 Å². The Morgan fingerprint density at radius 2 is 1.87 bits per heavy atom. The Labute approximate surface area is 189 Å². The van der Waals surface area contributed by atoms with Crippen LogP contribution in [0, 0.1) is 5.92 Å². The molecule has 1 amide bonds. The highest BCUT2D eigenvalue weighted by molar-refractivity contribution is 6.13.